The lowest BCUT2D eigenvalue weighted by atomic mass is 9.95. The van der Waals surface area contributed by atoms with Crippen molar-refractivity contribution in [2.45, 2.75) is 25.8 Å². The van der Waals surface area contributed by atoms with Crippen LogP contribution in [0.3, 0.4) is 0 Å². The highest BCUT2D eigenvalue weighted by molar-refractivity contribution is 5.41. The highest BCUT2D eigenvalue weighted by Crippen LogP contribution is 2.32. The number of rotatable bonds is 3. The van der Waals surface area contributed by atoms with Crippen molar-refractivity contribution in [3.05, 3.63) is 23.3 Å². The van der Waals surface area contributed by atoms with E-state index in [1.165, 1.54) is 7.11 Å². The largest absolute Gasteiger partial charge is 0.505 e. The number of hydrogen-bond acceptors (Lipinski definition) is 3. The van der Waals surface area contributed by atoms with Crippen molar-refractivity contribution in [3.8, 4) is 11.5 Å². The number of hydrogen-bond donors (Lipinski definition) is 2. The Morgan fingerprint density at radius 3 is 2.38 bits per heavy atom. The van der Waals surface area contributed by atoms with Gasteiger partial charge in [-0.25, -0.2) is 8.78 Å². The fourth-order valence-electron chi connectivity index (χ4n) is 1.41. The first kappa shape index (κ1) is 12.7. The zero-order valence-corrected chi connectivity index (χ0v) is 9.47. The van der Waals surface area contributed by atoms with Crippen LogP contribution in [0.4, 0.5) is 8.78 Å². The first-order chi connectivity index (χ1) is 7.26. The summed E-state index contributed by atoms with van der Waals surface area (Å²) in [5, 5.41) is 9.27. The van der Waals surface area contributed by atoms with Gasteiger partial charge in [-0.15, -0.1) is 0 Å². The Morgan fingerprint density at radius 1 is 1.38 bits per heavy atom. The van der Waals surface area contributed by atoms with Crippen LogP contribution in [0.2, 0.25) is 0 Å². The maximum absolute atomic E-state index is 13.7. The van der Waals surface area contributed by atoms with E-state index in [-0.39, 0.29) is 17.7 Å². The summed E-state index contributed by atoms with van der Waals surface area (Å²) in [5.41, 5.74) is 4.65. The van der Waals surface area contributed by atoms with E-state index in [2.05, 4.69) is 0 Å². The van der Waals surface area contributed by atoms with Gasteiger partial charge in [-0.2, -0.15) is 0 Å². The Kier molecular flexibility index (Phi) is 3.38. The highest BCUT2D eigenvalue weighted by Gasteiger charge is 2.23. The summed E-state index contributed by atoms with van der Waals surface area (Å²) in [6.07, 6.45) is -0.0323. The van der Waals surface area contributed by atoms with Crippen LogP contribution < -0.4 is 10.5 Å². The first-order valence-corrected chi connectivity index (χ1v) is 4.79. The normalized spacial score (nSPS) is 11.6. The molecule has 0 saturated carbocycles. The van der Waals surface area contributed by atoms with Gasteiger partial charge in [-0.3, -0.25) is 0 Å². The average Bonchev–Trinajstić information content (AvgIpc) is 2.17. The molecule has 0 heterocycles. The molecule has 1 aromatic rings. The second-order valence-electron chi connectivity index (χ2n) is 4.37. The summed E-state index contributed by atoms with van der Waals surface area (Å²) < 4.78 is 31.9. The predicted octanol–water partition coefficient (Wildman–Crippen LogP) is 1.96. The quantitative estimate of drug-likeness (QED) is 0.836. The Morgan fingerprint density at radius 2 is 1.94 bits per heavy atom. The van der Waals surface area contributed by atoms with Gasteiger partial charge in [-0.1, -0.05) is 0 Å². The molecule has 0 radical (unpaired) electrons. The molecule has 0 saturated heterocycles. The molecule has 0 aliphatic heterocycles. The third kappa shape index (κ3) is 2.61. The van der Waals surface area contributed by atoms with Crippen LogP contribution in [0.25, 0.3) is 0 Å². The molecule has 0 fully saturated rings. The van der Waals surface area contributed by atoms with Crippen LogP contribution in [0.1, 0.15) is 19.4 Å². The van der Waals surface area contributed by atoms with Crippen molar-refractivity contribution >= 4 is 0 Å². The first-order valence-electron chi connectivity index (χ1n) is 4.79. The lowest BCUT2D eigenvalue weighted by Crippen LogP contribution is -2.35. The van der Waals surface area contributed by atoms with Crippen molar-refractivity contribution in [1.29, 1.82) is 0 Å². The van der Waals surface area contributed by atoms with E-state index in [0.717, 1.165) is 6.07 Å². The lowest BCUT2D eigenvalue weighted by Gasteiger charge is -2.20. The Balaban J connectivity index is 3.30. The minimum atomic E-state index is -0.989. The van der Waals surface area contributed by atoms with Crippen molar-refractivity contribution in [3.63, 3.8) is 0 Å². The summed E-state index contributed by atoms with van der Waals surface area (Å²) >= 11 is 0. The molecule has 0 bridgehead atoms. The number of aromatic hydroxyl groups is 1. The van der Waals surface area contributed by atoms with Gasteiger partial charge in [0.15, 0.2) is 23.1 Å². The molecule has 1 rings (SSSR count). The summed E-state index contributed by atoms with van der Waals surface area (Å²) in [5.74, 6) is -2.65. The van der Waals surface area contributed by atoms with Crippen molar-refractivity contribution < 1.29 is 18.6 Å². The minimum absolute atomic E-state index is 0.0323. The van der Waals surface area contributed by atoms with E-state index >= 15 is 0 Å². The molecular weight excluding hydrogens is 216 g/mol. The summed E-state index contributed by atoms with van der Waals surface area (Å²) in [6.45, 7) is 3.28. The average molecular weight is 231 g/mol. The number of ether oxygens (including phenoxy) is 1. The van der Waals surface area contributed by atoms with Gasteiger partial charge in [0.1, 0.15) is 0 Å². The van der Waals surface area contributed by atoms with Gasteiger partial charge in [-0.05, 0) is 20.3 Å². The molecule has 1 aromatic carbocycles. The number of phenolic OH excluding ortho intramolecular Hbond substituents is 1. The third-order valence-electron chi connectivity index (χ3n) is 2.09. The topological polar surface area (TPSA) is 55.5 Å². The molecule has 90 valence electrons. The fraction of sp³-hybridized carbons (Fsp3) is 0.455. The second-order valence-corrected chi connectivity index (χ2v) is 4.37. The van der Waals surface area contributed by atoms with Crippen LogP contribution in [0.5, 0.6) is 11.5 Å². The molecule has 0 atom stereocenters. The minimum Gasteiger partial charge on any atom is -0.505 e. The van der Waals surface area contributed by atoms with Crippen molar-refractivity contribution in [1.82, 2.24) is 0 Å². The molecule has 0 aliphatic rings. The van der Waals surface area contributed by atoms with E-state index in [4.69, 9.17) is 10.5 Å². The molecule has 3 N–H and O–H groups in total. The van der Waals surface area contributed by atoms with Crippen molar-refractivity contribution in [2.75, 3.05) is 7.11 Å². The molecule has 5 heteroatoms. The molecule has 0 unspecified atom stereocenters. The van der Waals surface area contributed by atoms with Gasteiger partial charge < -0.3 is 15.6 Å². The van der Waals surface area contributed by atoms with E-state index in [9.17, 15) is 13.9 Å². The molecular formula is C11H15F2NO2. The molecule has 16 heavy (non-hydrogen) atoms. The van der Waals surface area contributed by atoms with E-state index in [1.807, 2.05) is 0 Å². The Bertz CT molecular complexity index is 400. The van der Waals surface area contributed by atoms with Gasteiger partial charge in [0.25, 0.3) is 0 Å². The monoisotopic (exact) mass is 231 g/mol. The molecule has 0 amide bonds. The zero-order chi connectivity index (χ0) is 12.5. The summed E-state index contributed by atoms with van der Waals surface area (Å²) in [7, 11) is 1.24. The number of methoxy groups -OCH3 is 1. The number of phenols is 1. The molecule has 0 aliphatic carbocycles. The van der Waals surface area contributed by atoms with Crippen LogP contribution in [0.15, 0.2) is 6.07 Å². The van der Waals surface area contributed by atoms with Gasteiger partial charge in [0.2, 0.25) is 0 Å². The van der Waals surface area contributed by atoms with Gasteiger partial charge in [0.05, 0.1) is 7.11 Å². The predicted molar refractivity (Wildman–Crippen MR) is 56.5 cm³/mol. The maximum atomic E-state index is 13.7. The highest BCUT2D eigenvalue weighted by atomic mass is 19.1. The van der Waals surface area contributed by atoms with E-state index in [1.54, 1.807) is 13.8 Å². The summed E-state index contributed by atoms with van der Waals surface area (Å²) in [6, 6.07) is 0.900. The maximum Gasteiger partial charge on any atom is 0.171 e. The molecule has 3 nitrogen and oxygen atoms in total. The van der Waals surface area contributed by atoms with Crippen molar-refractivity contribution in [2.24, 2.45) is 5.73 Å². The standard InChI is InChI=1S/C11H15F2NO2/c1-11(2,14)5-6-9(12)7(15)4-8(16-3)10(6)13/h4,15H,5,14H2,1-3H3. The molecule has 0 spiro atoms. The van der Waals surface area contributed by atoms with Gasteiger partial charge in [0, 0.05) is 17.2 Å². The Labute approximate surface area is 92.8 Å². The Hall–Kier alpha value is -1.36. The van der Waals surface area contributed by atoms with Crippen LogP contribution >= 0.6 is 0 Å². The summed E-state index contributed by atoms with van der Waals surface area (Å²) in [4.78, 5) is 0. The van der Waals surface area contributed by atoms with Crippen LogP contribution in [-0.4, -0.2) is 17.8 Å². The third-order valence-corrected chi connectivity index (χ3v) is 2.09. The van der Waals surface area contributed by atoms with Gasteiger partial charge >= 0.3 is 0 Å². The van der Waals surface area contributed by atoms with Crippen LogP contribution in [-0.2, 0) is 6.42 Å². The smallest absolute Gasteiger partial charge is 0.171 e. The van der Waals surface area contributed by atoms with Crippen LogP contribution in [0, 0.1) is 11.6 Å². The SMILES string of the molecule is COc1cc(O)c(F)c(CC(C)(C)N)c1F. The zero-order valence-electron chi connectivity index (χ0n) is 9.47. The van der Waals surface area contributed by atoms with E-state index < -0.39 is 22.9 Å². The molecule has 0 aromatic heterocycles. The second kappa shape index (κ2) is 4.25. The fourth-order valence-corrected chi connectivity index (χ4v) is 1.41. The number of benzene rings is 1. The lowest BCUT2D eigenvalue weighted by molar-refractivity contribution is 0.360. The number of nitrogens with two attached hydrogens (primary N) is 1. The van der Waals surface area contributed by atoms with E-state index in [0.29, 0.717) is 0 Å². The number of halogens is 2.